The lowest BCUT2D eigenvalue weighted by molar-refractivity contribution is -0.133. The van der Waals surface area contributed by atoms with Gasteiger partial charge in [-0.05, 0) is 23.6 Å². The minimum atomic E-state index is 0.0990. The molecule has 32 heavy (non-hydrogen) atoms. The van der Waals surface area contributed by atoms with Gasteiger partial charge in [-0.15, -0.1) is 21.5 Å². The minimum absolute atomic E-state index is 0.0990. The number of piperazine rings is 1. The molecule has 0 radical (unpaired) electrons. The van der Waals surface area contributed by atoms with Crippen LogP contribution in [0.2, 0.25) is 0 Å². The number of hydrogen-bond acceptors (Lipinski definition) is 9. The molecule has 1 saturated heterocycles. The molecule has 0 saturated carbocycles. The molecular weight excluding hydrogens is 428 g/mol. The monoisotopic (exact) mass is 450 g/mol. The Morgan fingerprint density at radius 3 is 2.62 bits per heavy atom. The predicted octanol–water partition coefficient (Wildman–Crippen LogP) is 3.13. The third kappa shape index (κ3) is 4.76. The molecule has 10 heteroatoms. The van der Waals surface area contributed by atoms with Gasteiger partial charge in [-0.25, -0.2) is 0 Å². The molecule has 4 aromatic rings. The molecule has 0 atom stereocenters. The molecule has 3 aromatic heterocycles. The minimum Gasteiger partial charge on any atom is -0.421 e. The Morgan fingerprint density at radius 2 is 1.84 bits per heavy atom. The first-order chi connectivity index (χ1) is 15.7. The molecule has 0 aliphatic carbocycles. The normalized spacial score (nSPS) is 14.7. The largest absolute Gasteiger partial charge is 0.421 e. The number of hydrogen-bond donors (Lipinski definition) is 0. The average Bonchev–Trinajstić information content (AvgIpc) is 3.60. The van der Waals surface area contributed by atoms with Crippen molar-refractivity contribution in [2.45, 2.75) is 19.4 Å². The third-order valence-electron chi connectivity index (χ3n) is 5.33. The molecule has 1 aromatic carbocycles. The van der Waals surface area contributed by atoms with E-state index >= 15 is 0 Å². The van der Waals surface area contributed by atoms with Crippen LogP contribution in [0.1, 0.15) is 18.2 Å². The van der Waals surface area contributed by atoms with Crippen molar-refractivity contribution in [3.8, 4) is 22.2 Å². The van der Waals surface area contributed by atoms with Crippen molar-refractivity contribution in [1.29, 1.82) is 0 Å². The Labute approximate surface area is 188 Å². The van der Waals surface area contributed by atoms with Crippen LogP contribution in [0.15, 0.2) is 56.8 Å². The Morgan fingerprint density at radius 1 is 1.00 bits per heavy atom. The van der Waals surface area contributed by atoms with Crippen molar-refractivity contribution in [2.24, 2.45) is 0 Å². The highest BCUT2D eigenvalue weighted by Crippen LogP contribution is 2.22. The number of nitrogens with zero attached hydrogens (tertiary/aromatic N) is 6. The standard InChI is InChI=1S/C22H22N6O3S/c29-20(9-8-18-24-25-22(30-18)16-5-2-1-3-6-16)28-12-10-27(11-13-28)15-19-23-21(26-31-19)17-7-4-14-32-17/h1-7,14H,8-13,15H2. The highest BCUT2D eigenvalue weighted by molar-refractivity contribution is 7.13. The summed E-state index contributed by atoms with van der Waals surface area (Å²) in [6.45, 7) is 3.46. The van der Waals surface area contributed by atoms with Gasteiger partial charge < -0.3 is 13.8 Å². The molecule has 0 N–H and O–H groups in total. The van der Waals surface area contributed by atoms with E-state index in [0.717, 1.165) is 23.5 Å². The highest BCUT2D eigenvalue weighted by atomic mass is 32.1. The van der Waals surface area contributed by atoms with Crippen molar-refractivity contribution >= 4 is 17.2 Å². The second-order valence-electron chi connectivity index (χ2n) is 7.51. The van der Waals surface area contributed by atoms with Gasteiger partial charge in [0.25, 0.3) is 0 Å². The molecule has 164 valence electrons. The zero-order valence-corrected chi connectivity index (χ0v) is 18.2. The van der Waals surface area contributed by atoms with Crippen LogP contribution < -0.4 is 0 Å². The summed E-state index contributed by atoms with van der Waals surface area (Å²) in [5, 5.41) is 14.2. The van der Waals surface area contributed by atoms with Crippen LogP contribution >= 0.6 is 11.3 Å². The number of benzene rings is 1. The number of aryl methyl sites for hydroxylation is 1. The van der Waals surface area contributed by atoms with Gasteiger partial charge in [0.2, 0.25) is 29.4 Å². The summed E-state index contributed by atoms with van der Waals surface area (Å²) in [7, 11) is 0. The first-order valence-corrected chi connectivity index (χ1v) is 11.4. The van der Waals surface area contributed by atoms with Gasteiger partial charge in [0.05, 0.1) is 11.4 Å². The molecule has 9 nitrogen and oxygen atoms in total. The van der Waals surface area contributed by atoms with Crippen molar-refractivity contribution in [2.75, 3.05) is 26.2 Å². The van der Waals surface area contributed by atoms with E-state index in [1.54, 1.807) is 11.3 Å². The SMILES string of the molecule is O=C(CCc1nnc(-c2ccccc2)o1)N1CCN(Cc2nc(-c3cccs3)no2)CC1. The van der Waals surface area contributed by atoms with Crippen LogP contribution in [0, 0.1) is 0 Å². The van der Waals surface area contributed by atoms with Gasteiger partial charge in [0.15, 0.2) is 0 Å². The summed E-state index contributed by atoms with van der Waals surface area (Å²) in [5.74, 6) is 2.28. The van der Waals surface area contributed by atoms with Gasteiger partial charge in [0, 0.05) is 44.6 Å². The zero-order chi connectivity index (χ0) is 21.8. The average molecular weight is 451 g/mol. The summed E-state index contributed by atoms with van der Waals surface area (Å²) in [6.07, 6.45) is 0.788. The molecule has 0 bridgehead atoms. The first kappa shape index (κ1) is 20.5. The zero-order valence-electron chi connectivity index (χ0n) is 17.4. The van der Waals surface area contributed by atoms with Gasteiger partial charge in [-0.3, -0.25) is 9.69 Å². The van der Waals surface area contributed by atoms with Gasteiger partial charge in [-0.1, -0.05) is 29.4 Å². The lowest BCUT2D eigenvalue weighted by Crippen LogP contribution is -2.48. The molecule has 1 fully saturated rings. The van der Waals surface area contributed by atoms with Gasteiger partial charge in [0.1, 0.15) is 0 Å². The van der Waals surface area contributed by atoms with E-state index in [2.05, 4.69) is 25.2 Å². The van der Waals surface area contributed by atoms with Crippen LogP contribution in [0.25, 0.3) is 22.2 Å². The molecular formula is C22H22N6O3S. The summed E-state index contributed by atoms with van der Waals surface area (Å²) in [4.78, 5) is 22.2. The van der Waals surface area contributed by atoms with Crippen molar-refractivity contribution in [3.63, 3.8) is 0 Å². The maximum atomic E-state index is 12.6. The number of rotatable bonds is 7. The molecule has 0 spiro atoms. The smallest absolute Gasteiger partial charge is 0.247 e. The predicted molar refractivity (Wildman–Crippen MR) is 118 cm³/mol. The molecule has 5 rings (SSSR count). The third-order valence-corrected chi connectivity index (χ3v) is 6.20. The molecule has 4 heterocycles. The Balaban J connectivity index is 1.08. The van der Waals surface area contributed by atoms with E-state index in [0.29, 0.717) is 56.0 Å². The molecule has 1 aliphatic rings. The van der Waals surface area contributed by atoms with Gasteiger partial charge >= 0.3 is 0 Å². The Hall–Kier alpha value is -3.37. The van der Waals surface area contributed by atoms with Crippen LogP contribution in [-0.2, 0) is 17.8 Å². The highest BCUT2D eigenvalue weighted by Gasteiger charge is 2.23. The Bertz CT molecular complexity index is 1150. The fourth-order valence-electron chi connectivity index (χ4n) is 3.60. The lowest BCUT2D eigenvalue weighted by Gasteiger charge is -2.33. The van der Waals surface area contributed by atoms with E-state index < -0.39 is 0 Å². The van der Waals surface area contributed by atoms with Crippen LogP contribution in [0.4, 0.5) is 0 Å². The Kier molecular flexibility index (Phi) is 6.04. The van der Waals surface area contributed by atoms with Crippen LogP contribution in [0.5, 0.6) is 0 Å². The van der Waals surface area contributed by atoms with E-state index in [4.69, 9.17) is 8.94 Å². The quantitative estimate of drug-likeness (QED) is 0.423. The van der Waals surface area contributed by atoms with E-state index in [9.17, 15) is 4.79 Å². The number of carbonyl (C=O) groups excluding carboxylic acids is 1. The maximum absolute atomic E-state index is 12.6. The van der Waals surface area contributed by atoms with Crippen LogP contribution in [0.3, 0.4) is 0 Å². The number of aromatic nitrogens is 4. The molecule has 1 amide bonds. The summed E-state index contributed by atoms with van der Waals surface area (Å²) < 4.78 is 11.1. The fourth-order valence-corrected chi connectivity index (χ4v) is 4.24. The second kappa shape index (κ2) is 9.41. The second-order valence-corrected chi connectivity index (χ2v) is 8.46. The maximum Gasteiger partial charge on any atom is 0.247 e. The fraction of sp³-hybridized carbons (Fsp3) is 0.318. The number of amides is 1. The lowest BCUT2D eigenvalue weighted by atomic mass is 10.2. The summed E-state index contributed by atoms with van der Waals surface area (Å²) in [6, 6.07) is 13.5. The summed E-state index contributed by atoms with van der Waals surface area (Å²) in [5.41, 5.74) is 0.873. The molecule has 1 aliphatic heterocycles. The van der Waals surface area contributed by atoms with Crippen LogP contribution in [-0.4, -0.2) is 62.2 Å². The van der Waals surface area contributed by atoms with Gasteiger partial charge in [-0.2, -0.15) is 4.98 Å². The first-order valence-electron chi connectivity index (χ1n) is 10.5. The van der Waals surface area contributed by atoms with E-state index in [1.807, 2.05) is 52.7 Å². The molecule has 0 unspecified atom stereocenters. The van der Waals surface area contributed by atoms with E-state index in [1.165, 1.54) is 0 Å². The topological polar surface area (TPSA) is 101 Å². The summed E-state index contributed by atoms with van der Waals surface area (Å²) >= 11 is 1.58. The van der Waals surface area contributed by atoms with Crippen molar-refractivity contribution in [1.82, 2.24) is 30.1 Å². The van der Waals surface area contributed by atoms with E-state index in [-0.39, 0.29) is 5.91 Å². The van der Waals surface area contributed by atoms with Crippen molar-refractivity contribution < 1.29 is 13.7 Å². The number of thiophene rings is 1. The number of carbonyl (C=O) groups is 1. The van der Waals surface area contributed by atoms with Crippen molar-refractivity contribution in [3.05, 3.63) is 59.6 Å².